The Morgan fingerprint density at radius 3 is 2.64 bits per heavy atom. The number of hydrogen-bond acceptors (Lipinski definition) is 3. The molecular weight excluding hydrogens is 272 g/mol. The molecule has 3 rings (SSSR count). The molecule has 3 nitrogen and oxygen atoms in total. The van der Waals surface area contributed by atoms with Crippen LogP contribution < -0.4 is 4.74 Å². The monoisotopic (exact) mass is 300 g/mol. The Morgan fingerprint density at radius 2 is 1.95 bits per heavy atom. The summed E-state index contributed by atoms with van der Waals surface area (Å²) in [6.45, 7) is 6.14. The predicted molar refractivity (Wildman–Crippen MR) is 92.2 cm³/mol. The third-order valence-corrected chi connectivity index (χ3v) is 5.16. The lowest BCUT2D eigenvalue weighted by Crippen LogP contribution is -2.44. The molecule has 22 heavy (non-hydrogen) atoms. The molecule has 0 aromatic heterocycles. The van der Waals surface area contributed by atoms with Gasteiger partial charge >= 0.3 is 0 Å². The average molecular weight is 300 g/mol. The van der Waals surface area contributed by atoms with Crippen LogP contribution in [0.25, 0.3) is 6.08 Å². The van der Waals surface area contributed by atoms with Gasteiger partial charge in [0.2, 0.25) is 0 Å². The molecule has 2 heterocycles. The lowest BCUT2D eigenvalue weighted by atomic mass is 9.79. The maximum atomic E-state index is 5.19. The summed E-state index contributed by atoms with van der Waals surface area (Å²) in [6.07, 6.45) is 8.67. The Hall–Kier alpha value is -1.32. The fourth-order valence-corrected chi connectivity index (χ4v) is 4.01. The fraction of sp³-hybridized carbons (Fsp3) is 0.579. The maximum Gasteiger partial charge on any atom is 0.118 e. The standard InChI is InChI=1S/C19H28N2O/c1-20-14-11-19(15-20)10-4-13-21(16-19)12-3-5-17-6-8-18(22-2)9-7-17/h3,5-9H,4,10-16H2,1-2H3/b5-3+. The molecule has 2 aliphatic rings. The lowest BCUT2D eigenvalue weighted by molar-refractivity contribution is 0.105. The predicted octanol–water partition coefficient (Wildman–Crippen LogP) is 3.13. The molecule has 120 valence electrons. The van der Waals surface area contributed by atoms with Gasteiger partial charge in [0.15, 0.2) is 0 Å². The van der Waals surface area contributed by atoms with Crippen molar-refractivity contribution in [3.63, 3.8) is 0 Å². The summed E-state index contributed by atoms with van der Waals surface area (Å²) in [7, 11) is 3.97. The van der Waals surface area contributed by atoms with Crippen LogP contribution in [0.2, 0.25) is 0 Å². The highest BCUT2D eigenvalue weighted by atomic mass is 16.5. The number of ether oxygens (including phenoxy) is 1. The van der Waals surface area contributed by atoms with Crippen LogP contribution in [-0.4, -0.2) is 56.7 Å². The van der Waals surface area contributed by atoms with Crippen LogP contribution in [0.15, 0.2) is 30.3 Å². The van der Waals surface area contributed by atoms with E-state index in [4.69, 9.17) is 4.74 Å². The van der Waals surface area contributed by atoms with Gasteiger partial charge in [-0.2, -0.15) is 0 Å². The molecule has 0 aliphatic carbocycles. The normalized spacial score (nSPS) is 27.0. The minimum Gasteiger partial charge on any atom is -0.497 e. The first-order valence-corrected chi connectivity index (χ1v) is 8.41. The van der Waals surface area contributed by atoms with Gasteiger partial charge < -0.3 is 9.64 Å². The first-order chi connectivity index (χ1) is 10.7. The van der Waals surface area contributed by atoms with E-state index in [1.165, 1.54) is 51.0 Å². The molecule has 1 aromatic rings. The van der Waals surface area contributed by atoms with Crippen LogP contribution in [0.5, 0.6) is 5.75 Å². The molecular formula is C19H28N2O. The zero-order valence-electron chi connectivity index (χ0n) is 13.9. The van der Waals surface area contributed by atoms with Gasteiger partial charge in [-0.3, -0.25) is 4.90 Å². The number of methoxy groups -OCH3 is 1. The minimum absolute atomic E-state index is 0.570. The Labute approximate surface area is 134 Å². The molecule has 1 aromatic carbocycles. The van der Waals surface area contributed by atoms with E-state index in [2.05, 4.69) is 41.1 Å². The van der Waals surface area contributed by atoms with Crippen LogP contribution in [0.3, 0.4) is 0 Å². The van der Waals surface area contributed by atoms with Crippen molar-refractivity contribution in [2.24, 2.45) is 5.41 Å². The van der Waals surface area contributed by atoms with Gasteiger partial charge in [0, 0.05) is 19.6 Å². The van der Waals surface area contributed by atoms with Crippen LogP contribution in [0.1, 0.15) is 24.8 Å². The first-order valence-electron chi connectivity index (χ1n) is 8.41. The van der Waals surface area contributed by atoms with E-state index in [1.54, 1.807) is 7.11 Å². The van der Waals surface area contributed by atoms with Crippen molar-refractivity contribution >= 4 is 6.08 Å². The SMILES string of the molecule is COc1ccc(/C=C/CN2CCCC3(CCN(C)C3)C2)cc1. The van der Waals surface area contributed by atoms with E-state index in [-0.39, 0.29) is 0 Å². The minimum atomic E-state index is 0.570. The van der Waals surface area contributed by atoms with Gasteiger partial charge in [0.05, 0.1) is 7.11 Å². The van der Waals surface area contributed by atoms with Crippen molar-refractivity contribution in [2.75, 3.05) is 46.9 Å². The molecule has 1 atom stereocenters. The molecule has 0 saturated carbocycles. The fourth-order valence-electron chi connectivity index (χ4n) is 4.01. The van der Waals surface area contributed by atoms with Crippen LogP contribution in [0.4, 0.5) is 0 Å². The zero-order chi connectivity index (χ0) is 15.4. The van der Waals surface area contributed by atoms with Crippen LogP contribution in [-0.2, 0) is 0 Å². The molecule has 2 saturated heterocycles. The van der Waals surface area contributed by atoms with Crippen LogP contribution >= 0.6 is 0 Å². The lowest BCUT2D eigenvalue weighted by Gasteiger charge is -2.40. The molecule has 2 aliphatic heterocycles. The molecule has 1 spiro atoms. The molecule has 0 bridgehead atoms. The Bertz CT molecular complexity index is 507. The van der Waals surface area contributed by atoms with Gasteiger partial charge in [0.25, 0.3) is 0 Å². The molecule has 0 N–H and O–H groups in total. The highest BCUT2D eigenvalue weighted by Crippen LogP contribution is 2.38. The summed E-state index contributed by atoms with van der Waals surface area (Å²) in [5.74, 6) is 0.917. The van der Waals surface area contributed by atoms with Gasteiger partial charge in [-0.15, -0.1) is 0 Å². The van der Waals surface area contributed by atoms with Gasteiger partial charge in [0.1, 0.15) is 5.75 Å². The van der Waals surface area contributed by atoms with E-state index in [0.29, 0.717) is 5.41 Å². The summed E-state index contributed by atoms with van der Waals surface area (Å²) in [6, 6.07) is 8.26. The number of benzene rings is 1. The van der Waals surface area contributed by atoms with E-state index in [9.17, 15) is 0 Å². The Morgan fingerprint density at radius 1 is 1.14 bits per heavy atom. The molecule has 0 radical (unpaired) electrons. The van der Waals surface area contributed by atoms with Gasteiger partial charge in [-0.25, -0.2) is 0 Å². The Balaban J connectivity index is 1.53. The summed E-state index contributed by atoms with van der Waals surface area (Å²) in [4.78, 5) is 5.12. The van der Waals surface area contributed by atoms with Crippen molar-refractivity contribution < 1.29 is 4.74 Å². The number of nitrogens with zero attached hydrogens (tertiary/aromatic N) is 2. The van der Waals surface area contributed by atoms with E-state index in [0.717, 1.165) is 12.3 Å². The summed E-state index contributed by atoms with van der Waals surface area (Å²) in [5.41, 5.74) is 1.81. The zero-order valence-corrected chi connectivity index (χ0v) is 13.9. The van der Waals surface area contributed by atoms with Crippen molar-refractivity contribution in [3.8, 4) is 5.75 Å². The molecule has 3 heteroatoms. The topological polar surface area (TPSA) is 15.7 Å². The highest BCUT2D eigenvalue weighted by Gasteiger charge is 2.39. The second kappa shape index (κ2) is 6.84. The van der Waals surface area contributed by atoms with Crippen molar-refractivity contribution in [2.45, 2.75) is 19.3 Å². The third-order valence-electron chi connectivity index (χ3n) is 5.16. The van der Waals surface area contributed by atoms with E-state index in [1.807, 2.05) is 12.1 Å². The maximum absolute atomic E-state index is 5.19. The number of likely N-dealkylation sites (tertiary alicyclic amines) is 2. The quantitative estimate of drug-likeness (QED) is 0.849. The summed E-state index contributed by atoms with van der Waals surface area (Å²) in [5, 5.41) is 0. The highest BCUT2D eigenvalue weighted by molar-refractivity contribution is 5.50. The second-order valence-corrected chi connectivity index (χ2v) is 7.00. The largest absolute Gasteiger partial charge is 0.497 e. The molecule has 0 amide bonds. The van der Waals surface area contributed by atoms with Crippen molar-refractivity contribution in [1.29, 1.82) is 0 Å². The number of piperidine rings is 1. The van der Waals surface area contributed by atoms with E-state index < -0.39 is 0 Å². The molecule has 1 unspecified atom stereocenters. The van der Waals surface area contributed by atoms with Crippen molar-refractivity contribution in [3.05, 3.63) is 35.9 Å². The molecule has 2 fully saturated rings. The third kappa shape index (κ3) is 3.71. The second-order valence-electron chi connectivity index (χ2n) is 7.00. The number of rotatable bonds is 4. The van der Waals surface area contributed by atoms with Gasteiger partial charge in [-0.05, 0) is 62.5 Å². The van der Waals surface area contributed by atoms with Gasteiger partial charge in [-0.1, -0.05) is 24.3 Å². The van der Waals surface area contributed by atoms with E-state index >= 15 is 0 Å². The first kappa shape index (κ1) is 15.6. The smallest absolute Gasteiger partial charge is 0.118 e. The average Bonchev–Trinajstić information content (AvgIpc) is 2.88. The summed E-state index contributed by atoms with van der Waals surface area (Å²) >= 11 is 0. The number of hydrogen-bond donors (Lipinski definition) is 0. The van der Waals surface area contributed by atoms with Crippen LogP contribution in [0, 0.1) is 5.41 Å². The van der Waals surface area contributed by atoms with Crippen molar-refractivity contribution in [1.82, 2.24) is 9.80 Å². The Kier molecular flexibility index (Phi) is 4.84. The summed E-state index contributed by atoms with van der Waals surface area (Å²) < 4.78 is 5.19.